The van der Waals surface area contributed by atoms with Crippen LogP contribution < -0.4 is 0 Å². The lowest BCUT2D eigenvalue weighted by Crippen LogP contribution is -2.27. The van der Waals surface area contributed by atoms with Gasteiger partial charge in [-0.05, 0) is 23.9 Å². The summed E-state index contributed by atoms with van der Waals surface area (Å²) in [6.45, 7) is 3.99. The molecule has 114 valence electrons. The Kier molecular flexibility index (Phi) is 4.04. The Morgan fingerprint density at radius 1 is 1.30 bits per heavy atom. The number of nitriles is 1. The molecule has 0 bridgehead atoms. The molecule has 6 heteroatoms. The van der Waals surface area contributed by atoms with Crippen LogP contribution in [0.15, 0.2) is 48.0 Å². The summed E-state index contributed by atoms with van der Waals surface area (Å²) in [4.78, 5) is 25.7. The van der Waals surface area contributed by atoms with E-state index >= 15 is 0 Å². The summed E-state index contributed by atoms with van der Waals surface area (Å²) < 4.78 is 1.83. The van der Waals surface area contributed by atoms with E-state index in [2.05, 4.69) is 12.6 Å². The second kappa shape index (κ2) is 6.15. The number of thioether (sulfide) groups is 1. The van der Waals surface area contributed by atoms with E-state index in [9.17, 15) is 9.59 Å². The fourth-order valence-corrected chi connectivity index (χ4v) is 3.36. The molecule has 0 N–H and O–H groups in total. The van der Waals surface area contributed by atoms with E-state index in [4.69, 9.17) is 5.26 Å². The van der Waals surface area contributed by atoms with Gasteiger partial charge in [-0.15, -0.1) is 6.58 Å². The van der Waals surface area contributed by atoms with Gasteiger partial charge in [0.05, 0.1) is 11.0 Å². The quantitative estimate of drug-likeness (QED) is 0.639. The Hall–Kier alpha value is -2.78. The molecule has 0 spiro atoms. The van der Waals surface area contributed by atoms with Gasteiger partial charge < -0.3 is 4.57 Å². The summed E-state index contributed by atoms with van der Waals surface area (Å²) in [5.41, 5.74) is 1.74. The Morgan fingerprint density at radius 2 is 2.09 bits per heavy atom. The summed E-state index contributed by atoms with van der Waals surface area (Å²) in [6, 6.07) is 9.78. The summed E-state index contributed by atoms with van der Waals surface area (Å²) in [5, 5.41) is 9.59. The first-order chi connectivity index (χ1) is 11.2. The van der Waals surface area contributed by atoms with Crippen LogP contribution in [0.5, 0.6) is 0 Å². The van der Waals surface area contributed by atoms with Crippen LogP contribution in [0.2, 0.25) is 0 Å². The highest BCUT2D eigenvalue weighted by molar-refractivity contribution is 8.18. The van der Waals surface area contributed by atoms with Gasteiger partial charge in [-0.25, -0.2) is 0 Å². The van der Waals surface area contributed by atoms with Crippen LogP contribution in [0.25, 0.3) is 17.0 Å². The predicted octanol–water partition coefficient (Wildman–Crippen LogP) is 3.39. The number of fused-ring (bicyclic) bond motifs is 1. The molecule has 1 aromatic carbocycles. The van der Waals surface area contributed by atoms with Gasteiger partial charge in [0.25, 0.3) is 11.1 Å². The van der Waals surface area contributed by atoms with Crippen molar-refractivity contribution in [1.29, 1.82) is 5.26 Å². The van der Waals surface area contributed by atoms with E-state index in [1.165, 1.54) is 6.08 Å². The number of para-hydroxylation sites is 1. The van der Waals surface area contributed by atoms with Crippen molar-refractivity contribution in [1.82, 2.24) is 9.47 Å². The van der Waals surface area contributed by atoms with E-state index in [0.29, 0.717) is 4.91 Å². The molecule has 23 heavy (non-hydrogen) atoms. The molecule has 0 saturated carbocycles. The summed E-state index contributed by atoms with van der Waals surface area (Å²) in [5.74, 6) is -0.308. The van der Waals surface area contributed by atoms with Crippen LogP contribution >= 0.6 is 11.8 Å². The smallest absolute Gasteiger partial charge is 0.293 e. The number of carbonyl (C=O) groups excluding carboxylic acids is 2. The first-order valence-electron chi connectivity index (χ1n) is 6.97. The summed E-state index contributed by atoms with van der Waals surface area (Å²) in [6.07, 6.45) is 5.07. The van der Waals surface area contributed by atoms with Crippen molar-refractivity contribution in [3.8, 4) is 6.07 Å². The van der Waals surface area contributed by atoms with Crippen molar-refractivity contribution in [2.75, 3.05) is 6.54 Å². The van der Waals surface area contributed by atoms with Crippen molar-refractivity contribution in [3.63, 3.8) is 0 Å². The molecule has 0 unspecified atom stereocenters. The Morgan fingerprint density at radius 3 is 2.83 bits per heavy atom. The van der Waals surface area contributed by atoms with Gasteiger partial charge >= 0.3 is 0 Å². The molecule has 0 aliphatic carbocycles. The number of nitrogens with zero attached hydrogens (tertiary/aromatic N) is 3. The van der Waals surface area contributed by atoms with Gasteiger partial charge in [-0.2, -0.15) is 5.26 Å². The summed E-state index contributed by atoms with van der Waals surface area (Å²) >= 11 is 0.924. The first-order valence-corrected chi connectivity index (χ1v) is 7.78. The second-order valence-corrected chi connectivity index (χ2v) is 5.96. The van der Waals surface area contributed by atoms with Crippen LogP contribution in [-0.4, -0.2) is 27.2 Å². The van der Waals surface area contributed by atoms with Crippen molar-refractivity contribution in [2.24, 2.45) is 0 Å². The SMILES string of the molecule is C=CCN1C(=O)S/C(=C/c2cn(CC#N)c3ccccc23)C1=O. The lowest BCUT2D eigenvalue weighted by molar-refractivity contribution is -0.122. The van der Waals surface area contributed by atoms with E-state index in [1.54, 1.807) is 6.08 Å². The molecule has 1 saturated heterocycles. The lowest BCUT2D eigenvalue weighted by atomic mass is 10.1. The maximum absolute atomic E-state index is 12.3. The predicted molar refractivity (Wildman–Crippen MR) is 90.4 cm³/mol. The fraction of sp³-hybridized carbons (Fsp3) is 0.118. The third-order valence-electron chi connectivity index (χ3n) is 3.53. The van der Waals surface area contributed by atoms with Crippen molar-refractivity contribution >= 4 is 39.9 Å². The fourth-order valence-electron chi connectivity index (χ4n) is 2.52. The molecular formula is C17H13N3O2S. The standard InChI is InChI=1S/C17H13N3O2S/c1-2-8-20-16(21)15(23-17(20)22)10-12-11-19(9-7-18)14-6-4-3-5-13(12)14/h2-6,10-11H,1,8-9H2/b15-10+. The second-order valence-electron chi connectivity index (χ2n) is 4.97. The molecule has 1 aliphatic heterocycles. The van der Waals surface area contributed by atoms with Crippen LogP contribution in [0.1, 0.15) is 5.56 Å². The number of hydrogen-bond acceptors (Lipinski definition) is 4. The number of benzene rings is 1. The monoisotopic (exact) mass is 323 g/mol. The Balaban J connectivity index is 2.05. The average molecular weight is 323 g/mol. The highest BCUT2D eigenvalue weighted by Gasteiger charge is 2.34. The van der Waals surface area contributed by atoms with Crippen LogP contribution in [-0.2, 0) is 11.3 Å². The molecule has 0 radical (unpaired) electrons. The van der Waals surface area contributed by atoms with Crippen molar-refractivity contribution in [2.45, 2.75) is 6.54 Å². The molecule has 5 nitrogen and oxygen atoms in total. The maximum atomic E-state index is 12.3. The van der Waals surface area contributed by atoms with E-state index < -0.39 is 0 Å². The molecular weight excluding hydrogens is 310 g/mol. The third kappa shape index (κ3) is 2.67. The molecule has 1 aromatic heterocycles. The number of imide groups is 1. The average Bonchev–Trinajstić information content (AvgIpc) is 3.02. The number of hydrogen-bond donors (Lipinski definition) is 0. The number of aromatic nitrogens is 1. The highest BCUT2D eigenvalue weighted by Crippen LogP contribution is 2.33. The molecule has 2 amide bonds. The van der Waals surface area contributed by atoms with Gasteiger partial charge in [0.15, 0.2) is 0 Å². The van der Waals surface area contributed by atoms with Crippen molar-refractivity contribution in [3.05, 3.63) is 53.6 Å². The molecule has 2 heterocycles. The zero-order valence-electron chi connectivity index (χ0n) is 12.2. The van der Waals surface area contributed by atoms with Gasteiger partial charge in [-0.1, -0.05) is 24.3 Å². The Bertz CT molecular complexity index is 889. The topological polar surface area (TPSA) is 66.1 Å². The molecule has 1 aliphatic rings. The highest BCUT2D eigenvalue weighted by atomic mass is 32.2. The zero-order chi connectivity index (χ0) is 16.4. The number of carbonyl (C=O) groups is 2. The Labute approximate surface area is 137 Å². The van der Waals surface area contributed by atoms with Gasteiger partial charge in [0.1, 0.15) is 6.54 Å². The van der Waals surface area contributed by atoms with Crippen LogP contribution in [0, 0.1) is 11.3 Å². The molecule has 0 atom stereocenters. The maximum Gasteiger partial charge on any atom is 0.293 e. The zero-order valence-corrected chi connectivity index (χ0v) is 13.0. The minimum atomic E-state index is -0.308. The van der Waals surface area contributed by atoms with E-state index in [-0.39, 0.29) is 24.2 Å². The largest absolute Gasteiger partial charge is 0.333 e. The van der Waals surface area contributed by atoms with Crippen LogP contribution in [0.3, 0.4) is 0 Å². The van der Waals surface area contributed by atoms with Crippen LogP contribution in [0.4, 0.5) is 4.79 Å². The molecule has 1 fully saturated rings. The molecule has 2 aromatic rings. The molecule has 3 rings (SSSR count). The minimum Gasteiger partial charge on any atom is -0.333 e. The van der Waals surface area contributed by atoms with E-state index in [0.717, 1.165) is 33.1 Å². The lowest BCUT2D eigenvalue weighted by Gasteiger charge is -2.07. The minimum absolute atomic E-state index is 0.207. The normalized spacial score (nSPS) is 16.3. The van der Waals surface area contributed by atoms with Gasteiger partial charge in [0.2, 0.25) is 0 Å². The number of rotatable bonds is 4. The van der Waals surface area contributed by atoms with E-state index in [1.807, 2.05) is 35.0 Å². The number of amides is 2. The van der Waals surface area contributed by atoms with Crippen molar-refractivity contribution < 1.29 is 9.59 Å². The van der Waals surface area contributed by atoms with Gasteiger partial charge in [0, 0.05) is 29.2 Å². The third-order valence-corrected chi connectivity index (χ3v) is 4.44. The van der Waals surface area contributed by atoms with Gasteiger partial charge in [-0.3, -0.25) is 14.5 Å². The summed E-state index contributed by atoms with van der Waals surface area (Å²) in [7, 11) is 0. The first kappa shape index (κ1) is 15.1.